The molecule has 0 aromatic rings. The van der Waals surface area contributed by atoms with E-state index in [9.17, 15) is 39.0 Å². The van der Waals surface area contributed by atoms with E-state index in [1.165, 1.54) is 33.7 Å². The van der Waals surface area contributed by atoms with E-state index in [0.29, 0.717) is 12.2 Å². The number of aliphatic hydroxyl groups is 2. The molecule has 4 N–H and O–H groups in total. The van der Waals surface area contributed by atoms with Crippen molar-refractivity contribution in [3.05, 3.63) is 12.2 Å². The lowest BCUT2D eigenvalue weighted by Crippen LogP contribution is -2.61. The first-order valence-electron chi connectivity index (χ1n) is 11.8. The number of aliphatic hydroxyl groups excluding tert-OH is 2. The number of imide groups is 1. The van der Waals surface area contributed by atoms with Crippen LogP contribution >= 0.6 is 21.6 Å². The van der Waals surface area contributed by atoms with E-state index in [1.54, 1.807) is 0 Å². The summed E-state index contributed by atoms with van der Waals surface area (Å²) >= 11 is 0. The largest absolute Gasteiger partial charge is 0.463 e. The predicted molar refractivity (Wildman–Crippen MR) is 132 cm³/mol. The van der Waals surface area contributed by atoms with Gasteiger partial charge in [-0.1, -0.05) is 28.5 Å². The van der Waals surface area contributed by atoms with Crippen LogP contribution in [0.2, 0.25) is 0 Å². The molecule has 0 saturated carbocycles. The van der Waals surface area contributed by atoms with Crippen LogP contribution in [0, 0.1) is 0 Å². The number of amides is 5. The summed E-state index contributed by atoms with van der Waals surface area (Å²) in [5, 5.41) is 25.2. The van der Waals surface area contributed by atoms with E-state index in [2.05, 4.69) is 10.6 Å². The minimum atomic E-state index is -1.31. The van der Waals surface area contributed by atoms with E-state index < -0.39 is 42.2 Å². The number of carbonyl (C=O) groups excluding carboxylic acids is 6. The van der Waals surface area contributed by atoms with Crippen LogP contribution < -0.4 is 10.6 Å². The highest BCUT2D eigenvalue weighted by molar-refractivity contribution is 8.76. The van der Waals surface area contributed by atoms with Crippen LogP contribution in [0.4, 0.5) is 0 Å². The molecule has 0 aromatic carbocycles. The topological polar surface area (TPSA) is 183 Å². The summed E-state index contributed by atoms with van der Waals surface area (Å²) < 4.78 is 5.24. The molecule has 3 heterocycles. The molecular weight excluding hydrogens is 528 g/mol. The summed E-state index contributed by atoms with van der Waals surface area (Å²) in [5.41, 5.74) is 0. The molecule has 5 amide bonds. The molecule has 2 saturated heterocycles. The van der Waals surface area contributed by atoms with Crippen molar-refractivity contribution in [3.63, 3.8) is 0 Å². The Bertz CT molecular complexity index is 944. The normalized spacial score (nSPS) is 25.8. The molecule has 3 aliphatic heterocycles. The zero-order valence-corrected chi connectivity index (χ0v) is 21.8. The van der Waals surface area contributed by atoms with Crippen LogP contribution in [0.5, 0.6) is 0 Å². The SMILES string of the molecule is CC(CCC(=O)NCCN1C(=O)C=CC1=O)SSCCC(=O)OCC1CC(O)C(O)C2NC(=O)C(=O)N12. The van der Waals surface area contributed by atoms with Crippen LogP contribution in [-0.2, 0) is 33.5 Å². The van der Waals surface area contributed by atoms with Crippen LogP contribution in [0.15, 0.2) is 12.2 Å². The van der Waals surface area contributed by atoms with E-state index in [-0.39, 0.29) is 61.9 Å². The van der Waals surface area contributed by atoms with Gasteiger partial charge in [-0.25, -0.2) is 0 Å². The molecule has 0 aliphatic carbocycles. The Hall–Kier alpha value is -2.62. The van der Waals surface area contributed by atoms with Crippen LogP contribution in [-0.4, -0.2) is 111 Å². The zero-order valence-electron chi connectivity index (χ0n) is 20.2. The standard InChI is InChI=1S/C22H30N4O9S2/c1-12(2-3-15(28)23-7-8-25-16(29)4-5-17(25)30)37-36-9-6-18(31)35-11-13-10-14(27)19(32)20-24-21(33)22(34)26(13)20/h4-5,12-14,19-20,27,32H,2-3,6-11H2,1H3,(H,23,28)(H,24,33). The summed E-state index contributed by atoms with van der Waals surface area (Å²) in [6.45, 7) is 2.08. The molecule has 5 unspecified atom stereocenters. The maximum absolute atomic E-state index is 12.1. The van der Waals surface area contributed by atoms with Crippen molar-refractivity contribution in [3.8, 4) is 0 Å². The molecule has 0 radical (unpaired) electrons. The molecule has 13 nitrogen and oxygen atoms in total. The Labute approximate surface area is 221 Å². The third-order valence-corrected chi connectivity index (χ3v) is 8.99. The van der Waals surface area contributed by atoms with E-state index >= 15 is 0 Å². The van der Waals surface area contributed by atoms with Gasteiger partial charge in [-0.3, -0.25) is 33.7 Å². The molecule has 3 rings (SSSR count). The van der Waals surface area contributed by atoms with Gasteiger partial charge < -0.3 is 30.5 Å². The Morgan fingerprint density at radius 3 is 2.59 bits per heavy atom. The van der Waals surface area contributed by atoms with E-state index in [0.717, 1.165) is 9.80 Å². The second-order valence-electron chi connectivity index (χ2n) is 8.79. The van der Waals surface area contributed by atoms with Gasteiger partial charge in [0, 0.05) is 42.7 Å². The van der Waals surface area contributed by atoms with Gasteiger partial charge in [0.1, 0.15) is 18.9 Å². The van der Waals surface area contributed by atoms with Gasteiger partial charge in [-0.15, -0.1) is 0 Å². The first kappa shape index (κ1) is 28.9. The highest BCUT2D eigenvalue weighted by Crippen LogP contribution is 2.30. The number of carbonyl (C=O) groups is 6. The molecule has 0 aromatic heterocycles. The average molecular weight is 559 g/mol. The van der Waals surface area contributed by atoms with Gasteiger partial charge in [-0.05, 0) is 12.8 Å². The minimum Gasteiger partial charge on any atom is -0.463 e. The number of ether oxygens (including phenoxy) is 1. The lowest BCUT2D eigenvalue weighted by atomic mass is 9.95. The number of hydrogen-bond donors (Lipinski definition) is 4. The quantitative estimate of drug-likeness (QED) is 0.0664. The monoisotopic (exact) mass is 558 g/mol. The number of hydrogen-bond acceptors (Lipinski definition) is 11. The molecule has 2 fully saturated rings. The van der Waals surface area contributed by atoms with Gasteiger partial charge in [0.2, 0.25) is 5.91 Å². The number of esters is 1. The summed E-state index contributed by atoms with van der Waals surface area (Å²) in [7, 11) is 2.99. The molecule has 204 valence electrons. The molecule has 0 spiro atoms. The Balaban J connectivity index is 1.25. The molecule has 5 atom stereocenters. The number of nitrogens with zero attached hydrogens (tertiary/aromatic N) is 2. The summed E-state index contributed by atoms with van der Waals surface area (Å²) in [5.74, 6) is -2.69. The second kappa shape index (κ2) is 13.3. The van der Waals surface area contributed by atoms with Gasteiger partial charge in [0.15, 0.2) is 0 Å². The zero-order chi connectivity index (χ0) is 27.1. The van der Waals surface area contributed by atoms with Gasteiger partial charge >= 0.3 is 17.8 Å². The third-order valence-electron chi connectivity index (χ3n) is 6.03. The lowest BCUT2D eigenvalue weighted by molar-refractivity contribution is -0.157. The number of nitrogens with one attached hydrogen (secondary N) is 2. The summed E-state index contributed by atoms with van der Waals surface area (Å²) in [6.07, 6.45) is -0.154. The first-order valence-corrected chi connectivity index (χ1v) is 14.2. The fourth-order valence-electron chi connectivity index (χ4n) is 4.02. The average Bonchev–Trinajstić information content (AvgIpc) is 3.34. The van der Waals surface area contributed by atoms with Crippen molar-refractivity contribution in [2.45, 2.75) is 62.3 Å². The molecule has 0 bridgehead atoms. The minimum absolute atomic E-state index is 0.0208. The van der Waals surface area contributed by atoms with Crippen molar-refractivity contribution in [2.24, 2.45) is 0 Å². The van der Waals surface area contributed by atoms with Crippen LogP contribution in [0.1, 0.15) is 32.6 Å². The Morgan fingerprint density at radius 2 is 1.89 bits per heavy atom. The van der Waals surface area contributed by atoms with Crippen LogP contribution in [0.25, 0.3) is 0 Å². The molecular formula is C22H30N4O9S2. The second-order valence-corrected chi connectivity index (χ2v) is 11.7. The number of fused-ring (bicyclic) bond motifs is 1. The smallest absolute Gasteiger partial charge is 0.314 e. The number of piperidine rings is 1. The summed E-state index contributed by atoms with van der Waals surface area (Å²) in [4.78, 5) is 72.9. The third kappa shape index (κ3) is 7.69. The van der Waals surface area contributed by atoms with Crippen molar-refractivity contribution in [1.29, 1.82) is 0 Å². The molecule has 37 heavy (non-hydrogen) atoms. The highest BCUT2D eigenvalue weighted by atomic mass is 33.1. The van der Waals surface area contributed by atoms with E-state index in [1.807, 2.05) is 6.92 Å². The Kier molecular flexibility index (Phi) is 10.4. The van der Waals surface area contributed by atoms with E-state index in [4.69, 9.17) is 4.74 Å². The van der Waals surface area contributed by atoms with Gasteiger partial charge in [0.05, 0.1) is 18.6 Å². The summed E-state index contributed by atoms with van der Waals surface area (Å²) in [6, 6.07) is -0.722. The maximum atomic E-state index is 12.1. The van der Waals surface area contributed by atoms with Gasteiger partial charge in [-0.2, -0.15) is 0 Å². The predicted octanol–water partition coefficient (Wildman–Crippen LogP) is -1.71. The van der Waals surface area contributed by atoms with Crippen LogP contribution in [0.3, 0.4) is 0 Å². The van der Waals surface area contributed by atoms with Crippen molar-refractivity contribution < 1.29 is 43.7 Å². The molecule has 15 heteroatoms. The molecule has 3 aliphatic rings. The number of rotatable bonds is 13. The van der Waals surface area contributed by atoms with Crippen molar-refractivity contribution in [2.75, 3.05) is 25.4 Å². The fourth-order valence-corrected chi connectivity index (χ4v) is 6.34. The van der Waals surface area contributed by atoms with Gasteiger partial charge in [0.25, 0.3) is 11.8 Å². The lowest BCUT2D eigenvalue weighted by Gasteiger charge is -2.41. The van der Waals surface area contributed by atoms with Crippen molar-refractivity contribution in [1.82, 2.24) is 20.4 Å². The highest BCUT2D eigenvalue weighted by Gasteiger charge is 2.51. The Morgan fingerprint density at radius 1 is 1.19 bits per heavy atom. The fraction of sp³-hybridized carbons (Fsp3) is 0.636. The maximum Gasteiger partial charge on any atom is 0.314 e. The first-order chi connectivity index (χ1) is 17.6. The van der Waals surface area contributed by atoms with Crippen molar-refractivity contribution >= 4 is 57.1 Å².